The normalized spacial score (nSPS) is 14.3. The zero-order chi connectivity index (χ0) is 13.3. The molecule has 0 aliphatic rings. The third kappa shape index (κ3) is 6.68. The van der Waals surface area contributed by atoms with E-state index in [4.69, 9.17) is 0 Å². The maximum absolute atomic E-state index is 9.81. The molecule has 17 heavy (non-hydrogen) atoms. The fraction of sp³-hybridized carbons (Fsp3) is 1.00. The summed E-state index contributed by atoms with van der Waals surface area (Å²) in [6, 6.07) is 0. The molecule has 0 spiro atoms. The molecule has 0 fully saturated rings. The summed E-state index contributed by atoms with van der Waals surface area (Å²) in [5, 5.41) is 9.81. The Morgan fingerprint density at radius 1 is 1.00 bits per heavy atom. The predicted octanol–water partition coefficient (Wildman–Crippen LogP) is 3.35. The highest BCUT2D eigenvalue weighted by molar-refractivity contribution is 7.99. The molecule has 0 rings (SSSR count). The van der Waals surface area contributed by atoms with Crippen molar-refractivity contribution < 1.29 is 9.59 Å². The van der Waals surface area contributed by atoms with E-state index in [9.17, 15) is 5.11 Å². The van der Waals surface area contributed by atoms with E-state index < -0.39 is 0 Å². The molecule has 0 aromatic carbocycles. The van der Waals surface area contributed by atoms with Gasteiger partial charge in [-0.3, -0.25) is 0 Å². The van der Waals surface area contributed by atoms with Gasteiger partial charge in [0, 0.05) is 5.75 Å². The Labute approximate surface area is 112 Å². The average molecular weight is 262 g/mol. The fourth-order valence-corrected chi connectivity index (χ4v) is 3.44. The van der Waals surface area contributed by atoms with Gasteiger partial charge in [-0.2, -0.15) is 0 Å². The molecule has 0 amide bonds. The van der Waals surface area contributed by atoms with Gasteiger partial charge in [0.1, 0.15) is 5.44 Å². The van der Waals surface area contributed by atoms with Gasteiger partial charge in [-0.05, 0) is 25.7 Å². The van der Waals surface area contributed by atoms with Crippen LogP contribution in [0.15, 0.2) is 0 Å². The second kappa shape index (κ2) is 9.23. The monoisotopic (exact) mass is 262 g/mol. The first-order valence-electron chi connectivity index (χ1n) is 7.16. The maximum atomic E-state index is 9.81. The van der Waals surface area contributed by atoms with Gasteiger partial charge in [0.15, 0.2) is 0 Å². The van der Waals surface area contributed by atoms with E-state index in [-0.39, 0.29) is 5.44 Å². The Hall–Kier alpha value is 0.270. The Bertz CT molecular complexity index is 179. The predicted molar refractivity (Wildman–Crippen MR) is 79.3 cm³/mol. The van der Waals surface area contributed by atoms with Crippen molar-refractivity contribution in [2.75, 3.05) is 31.9 Å². The fourth-order valence-electron chi connectivity index (χ4n) is 2.32. The highest BCUT2D eigenvalue weighted by Gasteiger charge is 2.23. The summed E-state index contributed by atoms with van der Waals surface area (Å²) in [7, 11) is 0. The molecule has 1 unspecified atom stereocenters. The Morgan fingerprint density at radius 3 is 1.88 bits per heavy atom. The zero-order valence-electron chi connectivity index (χ0n) is 12.4. The number of nitrogens with zero attached hydrogens (tertiary/aromatic N) is 1. The second-order valence-corrected chi connectivity index (χ2v) is 6.56. The van der Waals surface area contributed by atoms with Crippen LogP contribution in [0, 0.1) is 5.92 Å². The summed E-state index contributed by atoms with van der Waals surface area (Å²) in [5.74, 6) is 1.44. The first-order valence-corrected chi connectivity index (χ1v) is 8.21. The number of quaternary nitrogens is 1. The van der Waals surface area contributed by atoms with Crippen LogP contribution in [0.2, 0.25) is 0 Å². The third-order valence-corrected chi connectivity index (χ3v) is 4.80. The summed E-state index contributed by atoms with van der Waals surface area (Å²) in [4.78, 5) is 0. The molecule has 0 aliphatic heterocycles. The minimum atomic E-state index is -0.197. The van der Waals surface area contributed by atoms with Crippen LogP contribution in [0.4, 0.5) is 0 Å². The number of rotatable bonds is 10. The summed E-state index contributed by atoms with van der Waals surface area (Å²) in [6.45, 7) is 16.0. The van der Waals surface area contributed by atoms with E-state index in [1.807, 2.05) is 0 Å². The molecule has 0 radical (unpaired) electrons. The van der Waals surface area contributed by atoms with E-state index in [2.05, 4.69) is 34.6 Å². The molecule has 0 aliphatic carbocycles. The summed E-state index contributed by atoms with van der Waals surface area (Å²) in [6.07, 6.45) is 2.51. The largest absolute Gasteiger partial charge is 0.382 e. The highest BCUT2D eigenvalue weighted by atomic mass is 32.2. The van der Waals surface area contributed by atoms with Crippen LogP contribution in [0.3, 0.4) is 0 Å². The lowest BCUT2D eigenvalue weighted by Gasteiger charge is -2.37. The molecule has 0 aromatic rings. The SMILES string of the molecule is CCC[N+](CC)(CCC)CCSC(O)C(C)C. The molecular weight excluding hydrogens is 230 g/mol. The van der Waals surface area contributed by atoms with Crippen molar-refractivity contribution in [1.82, 2.24) is 0 Å². The molecule has 0 heterocycles. The molecular formula is C14H32NOS+. The van der Waals surface area contributed by atoms with Crippen LogP contribution in [0.5, 0.6) is 0 Å². The van der Waals surface area contributed by atoms with Crippen LogP contribution in [0.1, 0.15) is 47.5 Å². The van der Waals surface area contributed by atoms with Crippen molar-refractivity contribution in [3.05, 3.63) is 0 Å². The van der Waals surface area contributed by atoms with Gasteiger partial charge in [-0.15, -0.1) is 11.8 Å². The Kier molecular flexibility index (Phi) is 9.38. The lowest BCUT2D eigenvalue weighted by Crippen LogP contribution is -2.50. The van der Waals surface area contributed by atoms with Crippen molar-refractivity contribution in [2.24, 2.45) is 5.92 Å². The smallest absolute Gasteiger partial charge is 0.102 e. The van der Waals surface area contributed by atoms with Gasteiger partial charge in [-0.1, -0.05) is 27.7 Å². The Balaban J connectivity index is 4.15. The van der Waals surface area contributed by atoms with Crippen molar-refractivity contribution in [1.29, 1.82) is 0 Å². The second-order valence-electron chi connectivity index (χ2n) is 5.33. The van der Waals surface area contributed by atoms with Crippen molar-refractivity contribution in [3.63, 3.8) is 0 Å². The van der Waals surface area contributed by atoms with Crippen molar-refractivity contribution >= 4 is 11.8 Å². The van der Waals surface area contributed by atoms with Gasteiger partial charge in [0.05, 0.1) is 26.2 Å². The van der Waals surface area contributed by atoms with Crippen LogP contribution in [0.25, 0.3) is 0 Å². The van der Waals surface area contributed by atoms with E-state index in [1.54, 1.807) is 11.8 Å². The molecule has 0 saturated carbocycles. The molecule has 2 nitrogen and oxygen atoms in total. The number of hydrogen-bond acceptors (Lipinski definition) is 2. The number of aliphatic hydroxyl groups is 1. The van der Waals surface area contributed by atoms with Gasteiger partial charge in [0.2, 0.25) is 0 Å². The average Bonchev–Trinajstić information content (AvgIpc) is 2.29. The maximum Gasteiger partial charge on any atom is 0.102 e. The lowest BCUT2D eigenvalue weighted by atomic mass is 10.2. The first kappa shape index (κ1) is 17.3. The quantitative estimate of drug-likeness (QED) is 0.481. The molecule has 0 aromatic heterocycles. The molecule has 0 saturated heterocycles. The topological polar surface area (TPSA) is 20.2 Å². The summed E-state index contributed by atoms with van der Waals surface area (Å²) >= 11 is 1.72. The van der Waals surface area contributed by atoms with Gasteiger partial charge < -0.3 is 9.59 Å². The van der Waals surface area contributed by atoms with E-state index >= 15 is 0 Å². The molecule has 0 bridgehead atoms. The zero-order valence-corrected chi connectivity index (χ0v) is 13.2. The summed E-state index contributed by atoms with van der Waals surface area (Å²) < 4.78 is 1.23. The van der Waals surface area contributed by atoms with Gasteiger partial charge in [-0.25, -0.2) is 0 Å². The number of hydrogen-bond donors (Lipinski definition) is 1. The standard InChI is InChI=1S/C14H32NOS/c1-6-9-15(8-3,10-7-2)11-12-17-14(16)13(4)5/h13-14,16H,6-12H2,1-5H3/q+1. The molecule has 104 valence electrons. The molecule has 1 atom stereocenters. The van der Waals surface area contributed by atoms with Gasteiger partial charge in [0.25, 0.3) is 0 Å². The van der Waals surface area contributed by atoms with Crippen LogP contribution in [-0.4, -0.2) is 47.0 Å². The van der Waals surface area contributed by atoms with Crippen molar-refractivity contribution in [2.45, 2.75) is 52.9 Å². The third-order valence-electron chi connectivity index (χ3n) is 3.49. The van der Waals surface area contributed by atoms with Crippen molar-refractivity contribution in [3.8, 4) is 0 Å². The minimum absolute atomic E-state index is 0.197. The minimum Gasteiger partial charge on any atom is -0.382 e. The van der Waals surface area contributed by atoms with E-state index in [0.717, 1.165) is 5.75 Å². The van der Waals surface area contributed by atoms with E-state index in [0.29, 0.717) is 5.92 Å². The highest BCUT2D eigenvalue weighted by Crippen LogP contribution is 2.19. The lowest BCUT2D eigenvalue weighted by molar-refractivity contribution is -0.924. The number of aliphatic hydroxyl groups excluding tert-OH is 1. The van der Waals surface area contributed by atoms with Crippen LogP contribution >= 0.6 is 11.8 Å². The molecule has 1 N–H and O–H groups in total. The van der Waals surface area contributed by atoms with Crippen LogP contribution in [-0.2, 0) is 0 Å². The van der Waals surface area contributed by atoms with Gasteiger partial charge >= 0.3 is 0 Å². The van der Waals surface area contributed by atoms with E-state index in [1.165, 1.54) is 43.5 Å². The summed E-state index contributed by atoms with van der Waals surface area (Å²) in [5.41, 5.74) is -0.197. The van der Waals surface area contributed by atoms with Crippen LogP contribution < -0.4 is 0 Å². The Morgan fingerprint density at radius 2 is 1.53 bits per heavy atom. The first-order chi connectivity index (χ1) is 8.01. The molecule has 3 heteroatoms. The number of thioether (sulfide) groups is 1.